The minimum Gasteiger partial charge on any atom is -0.459 e. The summed E-state index contributed by atoms with van der Waals surface area (Å²) >= 11 is 0. The molecule has 1 atom stereocenters. The number of benzene rings is 1. The van der Waals surface area contributed by atoms with Crippen LogP contribution in [0.5, 0.6) is 0 Å². The van der Waals surface area contributed by atoms with Crippen molar-refractivity contribution in [1.82, 2.24) is 15.4 Å². The molecule has 1 aromatic carbocycles. The zero-order valence-corrected chi connectivity index (χ0v) is 16.7. The first-order valence-corrected chi connectivity index (χ1v) is 9.98. The van der Waals surface area contributed by atoms with Crippen LogP contribution in [0.15, 0.2) is 63.7 Å². The van der Waals surface area contributed by atoms with Gasteiger partial charge in [0.15, 0.2) is 11.6 Å². The number of rotatable bonds is 6. The van der Waals surface area contributed by atoms with Gasteiger partial charge in [0.05, 0.1) is 6.26 Å². The van der Waals surface area contributed by atoms with Crippen molar-refractivity contribution in [2.45, 2.75) is 31.8 Å². The van der Waals surface area contributed by atoms with Crippen LogP contribution in [0, 0.1) is 6.92 Å². The summed E-state index contributed by atoms with van der Waals surface area (Å²) in [6, 6.07) is 14.2. The number of hydrogen-bond donors (Lipinski definition) is 2. The number of nitrogens with zero attached hydrogens (tertiary/aromatic N) is 2. The summed E-state index contributed by atoms with van der Waals surface area (Å²) in [6.45, 7) is 2.97. The number of aryl methyl sites for hydroxylation is 1. The molecular weight excluding hydrogens is 384 g/mol. The maximum absolute atomic E-state index is 13.0. The summed E-state index contributed by atoms with van der Waals surface area (Å²) in [4.78, 5) is 27.2. The molecule has 2 aromatic heterocycles. The van der Waals surface area contributed by atoms with Gasteiger partial charge < -0.3 is 19.2 Å². The smallest absolute Gasteiger partial charge is 0.289 e. The summed E-state index contributed by atoms with van der Waals surface area (Å²) in [5.74, 6) is 1.06. The summed E-state index contributed by atoms with van der Waals surface area (Å²) in [6.07, 6.45) is 2.99. The van der Waals surface area contributed by atoms with Gasteiger partial charge in [-0.25, -0.2) is 0 Å². The second-order valence-electron chi connectivity index (χ2n) is 7.37. The largest absolute Gasteiger partial charge is 0.459 e. The Bertz CT molecular complexity index is 976. The molecule has 4 rings (SSSR count). The maximum atomic E-state index is 13.0. The first-order chi connectivity index (χ1) is 14.6. The Kier molecular flexibility index (Phi) is 5.94. The second kappa shape index (κ2) is 8.96. The van der Waals surface area contributed by atoms with Crippen LogP contribution in [-0.4, -0.2) is 41.0 Å². The lowest BCUT2D eigenvalue weighted by molar-refractivity contribution is -0.118. The maximum Gasteiger partial charge on any atom is 0.289 e. The summed E-state index contributed by atoms with van der Waals surface area (Å²) in [5, 5.41) is 10.1. The Morgan fingerprint density at radius 3 is 2.53 bits per heavy atom. The van der Waals surface area contributed by atoms with Crippen molar-refractivity contribution in [3.63, 3.8) is 0 Å². The van der Waals surface area contributed by atoms with E-state index in [4.69, 9.17) is 8.94 Å². The SMILES string of the molecule is Cc1cc(NC(=O)C(NC2CCN(C(=O)c3ccco3)CC2)c2ccccc2)no1. The van der Waals surface area contributed by atoms with E-state index in [-0.39, 0.29) is 17.9 Å². The molecule has 1 aliphatic rings. The lowest BCUT2D eigenvalue weighted by Crippen LogP contribution is -2.47. The van der Waals surface area contributed by atoms with Gasteiger partial charge in [0.1, 0.15) is 11.8 Å². The average Bonchev–Trinajstić information content (AvgIpc) is 3.44. The molecule has 1 fully saturated rings. The second-order valence-corrected chi connectivity index (χ2v) is 7.37. The molecule has 3 heterocycles. The van der Waals surface area contributed by atoms with Crippen molar-refractivity contribution in [1.29, 1.82) is 0 Å². The van der Waals surface area contributed by atoms with Gasteiger partial charge in [0.25, 0.3) is 5.91 Å². The summed E-state index contributed by atoms with van der Waals surface area (Å²) < 4.78 is 10.2. The van der Waals surface area contributed by atoms with Crippen LogP contribution in [0.25, 0.3) is 0 Å². The number of hydrogen-bond acceptors (Lipinski definition) is 6. The third-order valence-corrected chi connectivity index (χ3v) is 5.19. The highest BCUT2D eigenvalue weighted by atomic mass is 16.5. The van der Waals surface area contributed by atoms with E-state index in [1.54, 1.807) is 30.0 Å². The molecule has 0 saturated carbocycles. The van der Waals surface area contributed by atoms with Crippen LogP contribution in [0.2, 0.25) is 0 Å². The highest BCUT2D eigenvalue weighted by molar-refractivity contribution is 5.95. The molecule has 2 amide bonds. The Balaban J connectivity index is 1.41. The number of likely N-dealkylation sites (tertiary alicyclic amines) is 1. The van der Waals surface area contributed by atoms with E-state index < -0.39 is 6.04 Å². The molecule has 1 saturated heterocycles. The molecular formula is C22H24N4O4. The number of aromatic nitrogens is 1. The number of carbonyl (C=O) groups is 2. The van der Waals surface area contributed by atoms with Gasteiger partial charge in [-0.1, -0.05) is 35.5 Å². The lowest BCUT2D eigenvalue weighted by atomic mass is 10.00. The fraction of sp³-hybridized carbons (Fsp3) is 0.318. The quantitative estimate of drug-likeness (QED) is 0.650. The van der Waals surface area contributed by atoms with Crippen molar-refractivity contribution in [3.05, 3.63) is 71.9 Å². The number of piperidine rings is 1. The third-order valence-electron chi connectivity index (χ3n) is 5.19. The number of amides is 2. The van der Waals surface area contributed by atoms with E-state index in [1.165, 1.54) is 6.26 Å². The highest BCUT2D eigenvalue weighted by Gasteiger charge is 2.29. The van der Waals surface area contributed by atoms with E-state index in [9.17, 15) is 9.59 Å². The number of furan rings is 1. The van der Waals surface area contributed by atoms with Crippen molar-refractivity contribution >= 4 is 17.6 Å². The lowest BCUT2D eigenvalue weighted by Gasteiger charge is -2.34. The van der Waals surface area contributed by atoms with E-state index in [1.807, 2.05) is 30.3 Å². The molecule has 3 aromatic rings. The minimum absolute atomic E-state index is 0.0978. The first-order valence-electron chi connectivity index (χ1n) is 9.98. The first kappa shape index (κ1) is 19.9. The predicted molar refractivity (Wildman–Crippen MR) is 110 cm³/mol. The van der Waals surface area contributed by atoms with Crippen molar-refractivity contribution in [2.75, 3.05) is 18.4 Å². The van der Waals surface area contributed by atoms with E-state index in [2.05, 4.69) is 15.8 Å². The van der Waals surface area contributed by atoms with Crippen LogP contribution < -0.4 is 10.6 Å². The van der Waals surface area contributed by atoms with Crippen LogP contribution in [-0.2, 0) is 4.79 Å². The van der Waals surface area contributed by atoms with Gasteiger partial charge in [-0.2, -0.15) is 0 Å². The molecule has 30 heavy (non-hydrogen) atoms. The monoisotopic (exact) mass is 408 g/mol. The fourth-order valence-electron chi connectivity index (χ4n) is 3.63. The van der Waals surface area contributed by atoms with Crippen molar-refractivity contribution < 1.29 is 18.5 Å². The summed E-state index contributed by atoms with van der Waals surface area (Å²) in [5.41, 5.74) is 0.865. The number of carbonyl (C=O) groups excluding carboxylic acids is 2. The van der Waals surface area contributed by atoms with Crippen molar-refractivity contribution in [3.8, 4) is 0 Å². The number of anilines is 1. The molecule has 0 radical (unpaired) electrons. The summed E-state index contributed by atoms with van der Waals surface area (Å²) in [7, 11) is 0. The van der Waals surface area contributed by atoms with Crippen molar-refractivity contribution in [2.24, 2.45) is 0 Å². The van der Waals surface area contributed by atoms with Gasteiger partial charge in [0.2, 0.25) is 5.91 Å². The van der Waals surface area contributed by atoms with Gasteiger partial charge in [-0.15, -0.1) is 0 Å². The topological polar surface area (TPSA) is 101 Å². The minimum atomic E-state index is -0.541. The van der Waals surface area contributed by atoms with Gasteiger partial charge >= 0.3 is 0 Å². The van der Waals surface area contributed by atoms with Gasteiger partial charge in [-0.05, 0) is 37.5 Å². The Hall–Kier alpha value is -3.39. The fourth-order valence-corrected chi connectivity index (χ4v) is 3.63. The molecule has 2 N–H and O–H groups in total. The van der Waals surface area contributed by atoms with Gasteiger partial charge in [-0.3, -0.25) is 14.9 Å². The Labute approximate surface area is 174 Å². The highest BCUT2D eigenvalue weighted by Crippen LogP contribution is 2.21. The normalized spacial score (nSPS) is 15.7. The van der Waals surface area contributed by atoms with Gasteiger partial charge in [0, 0.05) is 25.2 Å². The zero-order valence-electron chi connectivity index (χ0n) is 16.7. The average molecular weight is 408 g/mol. The molecule has 156 valence electrons. The molecule has 1 aliphatic heterocycles. The molecule has 0 bridgehead atoms. The molecule has 0 spiro atoms. The third kappa shape index (κ3) is 4.60. The molecule has 1 unspecified atom stereocenters. The van der Waals surface area contributed by atoms with E-state index in [0.29, 0.717) is 30.4 Å². The van der Waals surface area contributed by atoms with Crippen LogP contribution in [0.1, 0.15) is 40.8 Å². The van der Waals surface area contributed by atoms with Crippen LogP contribution >= 0.6 is 0 Å². The Morgan fingerprint density at radius 2 is 1.90 bits per heavy atom. The van der Waals surface area contributed by atoms with Crippen LogP contribution in [0.3, 0.4) is 0 Å². The number of nitrogens with one attached hydrogen (secondary N) is 2. The van der Waals surface area contributed by atoms with E-state index in [0.717, 1.165) is 18.4 Å². The Morgan fingerprint density at radius 1 is 1.13 bits per heavy atom. The zero-order chi connectivity index (χ0) is 20.9. The van der Waals surface area contributed by atoms with Crippen LogP contribution in [0.4, 0.5) is 5.82 Å². The van der Waals surface area contributed by atoms with E-state index >= 15 is 0 Å². The molecule has 8 heteroatoms. The molecule has 8 nitrogen and oxygen atoms in total. The predicted octanol–water partition coefficient (Wildman–Crippen LogP) is 3.15. The standard InChI is InChI=1S/C22H24N4O4/c1-15-14-19(25-30-15)24-21(27)20(16-6-3-2-4-7-16)23-17-9-11-26(12-10-17)22(28)18-8-5-13-29-18/h2-8,13-14,17,20,23H,9-12H2,1H3,(H,24,25,27). The molecule has 0 aliphatic carbocycles.